The standard InChI is InChI=1S/C17H22ClN5O2/c1-4-22(5-2)16(19)9-13-7-12(18)8-14(20-13)10-23-11(3)6-15(21-23)17(24)25/h6-9,19-20H,4-5,10H2,1-3H3,(H,24,25)/b13-9-,19-16?. The third-order valence-electron chi connectivity index (χ3n) is 3.83. The zero-order valence-corrected chi connectivity index (χ0v) is 15.3. The van der Waals surface area contributed by atoms with Gasteiger partial charge in [0.1, 0.15) is 5.84 Å². The molecular formula is C17H22ClN5O2. The second-order valence-corrected chi connectivity index (χ2v) is 6.05. The summed E-state index contributed by atoms with van der Waals surface area (Å²) in [5, 5.41) is 25.0. The van der Waals surface area contributed by atoms with E-state index in [1.54, 1.807) is 29.8 Å². The predicted molar refractivity (Wildman–Crippen MR) is 97.8 cm³/mol. The molecule has 0 radical (unpaired) electrons. The average Bonchev–Trinajstić information content (AvgIpc) is 2.89. The minimum absolute atomic E-state index is 0.00891. The molecule has 1 aromatic rings. The molecule has 1 aliphatic rings. The molecule has 0 fully saturated rings. The van der Waals surface area contributed by atoms with Gasteiger partial charge in [0.05, 0.1) is 6.54 Å². The smallest absolute Gasteiger partial charge is 0.356 e. The Bertz CT molecular complexity index is 772. The van der Waals surface area contributed by atoms with Gasteiger partial charge in [-0.3, -0.25) is 10.1 Å². The Labute approximate surface area is 151 Å². The van der Waals surface area contributed by atoms with Crippen molar-refractivity contribution in [2.75, 3.05) is 13.1 Å². The summed E-state index contributed by atoms with van der Waals surface area (Å²) < 4.78 is 1.60. The van der Waals surface area contributed by atoms with Crippen molar-refractivity contribution in [1.29, 1.82) is 5.41 Å². The molecule has 1 aromatic heterocycles. The van der Waals surface area contributed by atoms with Crippen molar-refractivity contribution >= 4 is 23.4 Å². The number of hydrogen-bond donors (Lipinski definition) is 3. The van der Waals surface area contributed by atoms with Gasteiger partial charge in [0, 0.05) is 41.3 Å². The molecule has 0 atom stereocenters. The number of carboxylic acid groups (broad SMARTS) is 1. The Balaban J connectivity index is 2.17. The topological polar surface area (TPSA) is 94.2 Å². The minimum atomic E-state index is -1.06. The number of aromatic carboxylic acids is 1. The summed E-state index contributed by atoms with van der Waals surface area (Å²) in [6.45, 7) is 7.67. The molecule has 0 aliphatic carbocycles. The Morgan fingerprint density at radius 1 is 1.44 bits per heavy atom. The van der Waals surface area contributed by atoms with Crippen molar-refractivity contribution in [3.05, 3.63) is 52.1 Å². The third-order valence-corrected chi connectivity index (χ3v) is 4.05. The number of hydrogen-bond acceptors (Lipinski definition) is 4. The Hall–Kier alpha value is -2.54. The van der Waals surface area contributed by atoms with Crippen molar-refractivity contribution in [3.8, 4) is 0 Å². The van der Waals surface area contributed by atoms with Gasteiger partial charge in [-0.1, -0.05) is 11.6 Å². The molecule has 0 amide bonds. The van der Waals surface area contributed by atoms with Gasteiger partial charge in [-0.25, -0.2) is 4.79 Å². The fraction of sp³-hybridized carbons (Fsp3) is 0.353. The minimum Gasteiger partial charge on any atom is -0.476 e. The summed E-state index contributed by atoms with van der Waals surface area (Å²) in [4.78, 5) is 13.0. The molecule has 0 saturated carbocycles. The first-order chi connectivity index (χ1) is 11.8. The summed E-state index contributed by atoms with van der Waals surface area (Å²) in [5.74, 6) is -0.656. The van der Waals surface area contributed by atoms with Crippen molar-refractivity contribution in [2.45, 2.75) is 27.3 Å². The first kappa shape index (κ1) is 18.8. The second kappa shape index (κ2) is 8.02. The highest BCUT2D eigenvalue weighted by molar-refractivity contribution is 6.31. The maximum absolute atomic E-state index is 11.0. The number of dihydropyridines is 1. The van der Waals surface area contributed by atoms with Gasteiger partial charge >= 0.3 is 5.97 Å². The van der Waals surface area contributed by atoms with Crippen LogP contribution in [-0.2, 0) is 6.54 Å². The first-order valence-electron chi connectivity index (χ1n) is 8.01. The number of nitrogens with zero attached hydrogens (tertiary/aromatic N) is 3. The fourth-order valence-electron chi connectivity index (χ4n) is 2.52. The van der Waals surface area contributed by atoms with Gasteiger partial charge in [-0.2, -0.15) is 5.10 Å². The van der Waals surface area contributed by atoms with E-state index in [2.05, 4.69) is 10.4 Å². The summed E-state index contributed by atoms with van der Waals surface area (Å²) >= 11 is 6.19. The first-order valence-corrected chi connectivity index (χ1v) is 8.39. The monoisotopic (exact) mass is 363 g/mol. The number of carboxylic acids is 1. The molecule has 0 bridgehead atoms. The van der Waals surface area contributed by atoms with Crippen LogP contribution in [0, 0.1) is 12.3 Å². The summed E-state index contributed by atoms with van der Waals surface area (Å²) in [6, 6.07) is 1.52. The van der Waals surface area contributed by atoms with E-state index in [0.717, 1.165) is 24.5 Å². The maximum Gasteiger partial charge on any atom is 0.356 e. The second-order valence-electron chi connectivity index (χ2n) is 5.61. The number of rotatable bonds is 6. The lowest BCUT2D eigenvalue weighted by molar-refractivity contribution is 0.0689. The van der Waals surface area contributed by atoms with E-state index in [0.29, 0.717) is 23.1 Å². The third kappa shape index (κ3) is 4.73. The number of likely N-dealkylation sites (N-methyl/N-ethyl adjacent to an activating group) is 1. The average molecular weight is 364 g/mol. The van der Waals surface area contributed by atoms with Gasteiger partial charge < -0.3 is 15.3 Å². The Kier molecular flexibility index (Phi) is 6.03. The number of aromatic nitrogens is 2. The van der Waals surface area contributed by atoms with Crippen LogP contribution in [0.25, 0.3) is 0 Å². The number of amidine groups is 1. The molecule has 0 spiro atoms. The van der Waals surface area contributed by atoms with E-state index in [1.807, 2.05) is 18.7 Å². The van der Waals surface area contributed by atoms with Crippen LogP contribution < -0.4 is 5.32 Å². The van der Waals surface area contributed by atoms with Crippen LogP contribution in [0.15, 0.2) is 40.7 Å². The van der Waals surface area contributed by atoms with Crippen molar-refractivity contribution in [2.24, 2.45) is 0 Å². The van der Waals surface area contributed by atoms with E-state index in [4.69, 9.17) is 22.1 Å². The van der Waals surface area contributed by atoms with Gasteiger partial charge in [0.15, 0.2) is 5.69 Å². The quantitative estimate of drug-likeness (QED) is 0.533. The number of allylic oxidation sites excluding steroid dienone is 4. The fourth-order valence-corrected chi connectivity index (χ4v) is 2.77. The Morgan fingerprint density at radius 3 is 2.68 bits per heavy atom. The van der Waals surface area contributed by atoms with Gasteiger partial charge in [0.2, 0.25) is 0 Å². The van der Waals surface area contributed by atoms with E-state index in [-0.39, 0.29) is 5.69 Å². The number of aryl methyl sites for hydroxylation is 1. The van der Waals surface area contributed by atoms with Gasteiger partial charge in [0.25, 0.3) is 0 Å². The van der Waals surface area contributed by atoms with E-state index in [1.165, 1.54) is 6.07 Å². The van der Waals surface area contributed by atoms with Crippen LogP contribution in [0.3, 0.4) is 0 Å². The summed E-state index contributed by atoms with van der Waals surface area (Å²) in [6.07, 6.45) is 5.24. The largest absolute Gasteiger partial charge is 0.476 e. The molecule has 1 aliphatic heterocycles. The number of nitrogens with one attached hydrogen (secondary N) is 2. The van der Waals surface area contributed by atoms with Gasteiger partial charge in [-0.05, 0) is 39.0 Å². The molecule has 2 heterocycles. The lowest BCUT2D eigenvalue weighted by Crippen LogP contribution is -2.30. The maximum atomic E-state index is 11.0. The van der Waals surface area contributed by atoms with Crippen LogP contribution in [0.5, 0.6) is 0 Å². The molecule has 25 heavy (non-hydrogen) atoms. The predicted octanol–water partition coefficient (Wildman–Crippen LogP) is 2.70. The van der Waals surface area contributed by atoms with E-state index >= 15 is 0 Å². The lowest BCUT2D eigenvalue weighted by atomic mass is 10.2. The highest BCUT2D eigenvalue weighted by Gasteiger charge is 2.14. The molecule has 7 nitrogen and oxygen atoms in total. The van der Waals surface area contributed by atoms with Crippen LogP contribution in [0.2, 0.25) is 0 Å². The van der Waals surface area contributed by atoms with E-state index in [9.17, 15) is 4.79 Å². The van der Waals surface area contributed by atoms with Gasteiger partial charge in [-0.15, -0.1) is 0 Å². The van der Waals surface area contributed by atoms with Crippen LogP contribution >= 0.6 is 11.6 Å². The highest BCUT2D eigenvalue weighted by atomic mass is 35.5. The molecule has 2 rings (SSSR count). The molecular weight excluding hydrogens is 342 g/mol. The summed E-state index contributed by atoms with van der Waals surface area (Å²) in [5.41, 5.74) is 2.23. The van der Waals surface area contributed by atoms with Crippen molar-refractivity contribution < 1.29 is 9.90 Å². The highest BCUT2D eigenvalue weighted by Crippen LogP contribution is 2.18. The molecule has 8 heteroatoms. The van der Waals surface area contributed by atoms with Crippen LogP contribution in [0.1, 0.15) is 30.0 Å². The van der Waals surface area contributed by atoms with Crippen molar-refractivity contribution in [1.82, 2.24) is 20.0 Å². The zero-order valence-electron chi connectivity index (χ0n) is 14.5. The SMILES string of the molecule is CCN(CC)C(=N)/C=C1/C=C(Cl)C=C(Cn2nc(C(=O)O)cc2C)N1. The van der Waals surface area contributed by atoms with Crippen molar-refractivity contribution in [3.63, 3.8) is 0 Å². The number of halogens is 1. The lowest BCUT2D eigenvalue weighted by Gasteiger charge is -2.22. The number of carbonyl (C=O) groups is 1. The molecule has 3 N–H and O–H groups in total. The van der Waals surface area contributed by atoms with Crippen LogP contribution in [0.4, 0.5) is 0 Å². The molecule has 134 valence electrons. The summed E-state index contributed by atoms with van der Waals surface area (Å²) in [7, 11) is 0. The normalized spacial score (nSPS) is 15.4. The van der Waals surface area contributed by atoms with E-state index < -0.39 is 5.97 Å². The zero-order chi connectivity index (χ0) is 18.6. The molecule has 0 unspecified atom stereocenters. The molecule has 0 aromatic carbocycles. The molecule has 0 saturated heterocycles. The van der Waals surface area contributed by atoms with Crippen LogP contribution in [-0.4, -0.2) is 44.7 Å². The Morgan fingerprint density at radius 2 is 2.12 bits per heavy atom.